The van der Waals surface area contributed by atoms with E-state index in [0.717, 1.165) is 17.7 Å². The molecule has 1 fully saturated rings. The van der Waals surface area contributed by atoms with Gasteiger partial charge in [0.25, 0.3) is 0 Å². The highest BCUT2D eigenvalue weighted by Gasteiger charge is 2.44. The minimum Gasteiger partial charge on any atom is -0.432 e. The van der Waals surface area contributed by atoms with Crippen LogP contribution < -0.4 is 4.74 Å². The molecule has 40 heavy (non-hydrogen) atoms. The Balaban J connectivity index is 1.37. The summed E-state index contributed by atoms with van der Waals surface area (Å²) in [7, 11) is 0. The molecule has 4 rings (SSSR count). The first-order valence-electron chi connectivity index (χ1n) is 13.0. The van der Waals surface area contributed by atoms with Gasteiger partial charge in [-0.25, -0.2) is 22.0 Å². The van der Waals surface area contributed by atoms with Crippen LogP contribution in [0.15, 0.2) is 48.5 Å². The zero-order chi connectivity index (χ0) is 29.0. The van der Waals surface area contributed by atoms with Crippen LogP contribution in [0.1, 0.15) is 49.7 Å². The average Bonchev–Trinajstić information content (AvgIpc) is 2.90. The van der Waals surface area contributed by atoms with E-state index in [-0.39, 0.29) is 42.6 Å². The van der Waals surface area contributed by atoms with Crippen molar-refractivity contribution in [3.63, 3.8) is 0 Å². The highest BCUT2D eigenvalue weighted by atomic mass is 19.3. The summed E-state index contributed by atoms with van der Waals surface area (Å²) in [5.74, 6) is -7.99. The highest BCUT2D eigenvalue weighted by Crippen LogP contribution is 2.44. The summed E-state index contributed by atoms with van der Waals surface area (Å²) in [6, 6.07) is 8.91. The van der Waals surface area contributed by atoms with Gasteiger partial charge in [-0.1, -0.05) is 19.1 Å². The first-order valence-corrected chi connectivity index (χ1v) is 13.0. The molecule has 1 aliphatic rings. The molecule has 0 heterocycles. The molecule has 1 unspecified atom stereocenters. The number of alkyl halides is 2. The summed E-state index contributed by atoms with van der Waals surface area (Å²) in [6.07, 6.45) is -2.33. The number of aliphatic hydroxyl groups is 1. The van der Waals surface area contributed by atoms with Crippen molar-refractivity contribution in [2.75, 3.05) is 13.4 Å². The van der Waals surface area contributed by atoms with Crippen LogP contribution in [-0.4, -0.2) is 24.6 Å². The minimum atomic E-state index is -3.64. The Morgan fingerprint density at radius 2 is 1.52 bits per heavy atom. The summed E-state index contributed by atoms with van der Waals surface area (Å²) in [4.78, 5) is 0. The van der Waals surface area contributed by atoms with Crippen LogP contribution in [0.4, 0.5) is 30.7 Å². The fraction of sp³-hybridized carbons (Fsp3) is 0.400. The molecule has 3 aromatic carbocycles. The van der Waals surface area contributed by atoms with Crippen molar-refractivity contribution in [3.8, 4) is 16.9 Å². The zero-order valence-electron chi connectivity index (χ0n) is 21.7. The molecule has 1 N–H and O–H groups in total. The maximum absolute atomic E-state index is 15.0. The van der Waals surface area contributed by atoms with Crippen molar-refractivity contribution in [2.45, 2.75) is 51.1 Å². The molecule has 3 nitrogen and oxygen atoms in total. The van der Waals surface area contributed by atoms with Crippen LogP contribution in [0.5, 0.6) is 5.75 Å². The lowest BCUT2D eigenvalue weighted by Gasteiger charge is -2.33. The van der Waals surface area contributed by atoms with Crippen molar-refractivity contribution < 1.29 is 45.3 Å². The molecule has 216 valence electrons. The van der Waals surface area contributed by atoms with E-state index in [1.807, 2.05) is 13.0 Å². The van der Waals surface area contributed by atoms with E-state index in [9.17, 15) is 30.7 Å². The van der Waals surface area contributed by atoms with Gasteiger partial charge in [0.2, 0.25) is 0 Å². The van der Waals surface area contributed by atoms with Gasteiger partial charge in [0.05, 0.1) is 12.5 Å². The summed E-state index contributed by atoms with van der Waals surface area (Å²) >= 11 is 0. The van der Waals surface area contributed by atoms with Crippen LogP contribution in [0.3, 0.4) is 0 Å². The third-order valence-corrected chi connectivity index (χ3v) is 7.27. The Kier molecular flexibility index (Phi) is 9.41. The molecule has 0 radical (unpaired) electrons. The van der Waals surface area contributed by atoms with Crippen LogP contribution >= 0.6 is 0 Å². The van der Waals surface area contributed by atoms with E-state index in [4.69, 9.17) is 14.6 Å². The number of halogens is 7. The molecule has 3 aromatic rings. The van der Waals surface area contributed by atoms with Crippen molar-refractivity contribution in [3.05, 3.63) is 88.7 Å². The lowest BCUT2D eigenvalue weighted by atomic mass is 9.77. The van der Waals surface area contributed by atoms with Gasteiger partial charge in [-0.3, -0.25) is 0 Å². The van der Waals surface area contributed by atoms with Crippen molar-refractivity contribution in [1.82, 2.24) is 0 Å². The standard InChI is InChI=1S/C30H29F7O3/c1-17(15-39-16-38)10-18-2-8-23(25(31)11-18)19-3-5-21(6-4-19)30(36,37)40-22-7-9-24(26(32)14-22)20-12-27(33)29(35)28(34)13-20/h2,7-9,11-14,17,19,21,38H,3-6,10,15-16H2,1H3. The van der Waals surface area contributed by atoms with Gasteiger partial charge in [0.15, 0.2) is 17.5 Å². The number of hydrogen-bond acceptors (Lipinski definition) is 3. The Hall–Kier alpha value is -3.11. The van der Waals surface area contributed by atoms with Gasteiger partial charge < -0.3 is 14.6 Å². The molecular weight excluding hydrogens is 541 g/mol. The van der Waals surface area contributed by atoms with Crippen LogP contribution in [0.2, 0.25) is 0 Å². The number of aliphatic hydroxyl groups excluding tert-OH is 1. The highest BCUT2D eigenvalue weighted by molar-refractivity contribution is 5.65. The fourth-order valence-corrected chi connectivity index (χ4v) is 5.23. The number of benzene rings is 3. The summed E-state index contributed by atoms with van der Waals surface area (Å²) in [5.41, 5.74) is 0.639. The van der Waals surface area contributed by atoms with Crippen LogP contribution in [0.25, 0.3) is 11.1 Å². The van der Waals surface area contributed by atoms with Gasteiger partial charge >= 0.3 is 6.11 Å². The van der Waals surface area contributed by atoms with Crippen LogP contribution in [0, 0.1) is 40.9 Å². The summed E-state index contributed by atoms with van der Waals surface area (Å²) in [6.45, 7) is 1.88. The fourth-order valence-electron chi connectivity index (χ4n) is 5.23. The maximum atomic E-state index is 15.0. The molecule has 0 amide bonds. The predicted octanol–water partition coefficient (Wildman–Crippen LogP) is 8.14. The van der Waals surface area contributed by atoms with Gasteiger partial charge in [-0.05, 0) is 91.0 Å². The predicted molar refractivity (Wildman–Crippen MR) is 134 cm³/mol. The maximum Gasteiger partial charge on any atom is 0.400 e. The smallest absolute Gasteiger partial charge is 0.400 e. The minimum absolute atomic E-state index is 0.0586. The van der Waals surface area contributed by atoms with Crippen LogP contribution in [-0.2, 0) is 11.2 Å². The molecule has 0 saturated heterocycles. The molecule has 1 atom stereocenters. The van der Waals surface area contributed by atoms with Gasteiger partial charge in [-0.2, -0.15) is 8.78 Å². The molecule has 0 aliphatic heterocycles. The Morgan fingerprint density at radius 3 is 2.12 bits per heavy atom. The number of rotatable bonds is 10. The van der Waals surface area contributed by atoms with Gasteiger partial charge in [-0.15, -0.1) is 0 Å². The molecule has 0 bridgehead atoms. The van der Waals surface area contributed by atoms with E-state index in [1.54, 1.807) is 6.07 Å². The second kappa shape index (κ2) is 12.6. The third-order valence-electron chi connectivity index (χ3n) is 7.27. The van der Waals surface area contributed by atoms with E-state index in [2.05, 4.69) is 0 Å². The Bertz CT molecular complexity index is 1300. The topological polar surface area (TPSA) is 38.7 Å². The molecule has 1 saturated carbocycles. The number of ether oxygens (including phenoxy) is 2. The quantitative estimate of drug-likeness (QED) is 0.152. The Labute approximate surface area is 227 Å². The van der Waals surface area contributed by atoms with Crippen molar-refractivity contribution in [1.29, 1.82) is 0 Å². The van der Waals surface area contributed by atoms with Gasteiger partial charge in [0, 0.05) is 11.6 Å². The van der Waals surface area contributed by atoms with E-state index in [0.29, 0.717) is 49.6 Å². The normalized spacial score (nSPS) is 18.5. The average molecular weight is 571 g/mol. The van der Waals surface area contributed by atoms with Crippen molar-refractivity contribution in [2.24, 2.45) is 11.8 Å². The first-order chi connectivity index (χ1) is 19.0. The molecular formula is C30H29F7O3. The summed E-state index contributed by atoms with van der Waals surface area (Å²) < 4.78 is 110. The second-order valence-electron chi connectivity index (χ2n) is 10.3. The molecule has 0 aromatic heterocycles. The zero-order valence-corrected chi connectivity index (χ0v) is 21.7. The molecule has 10 heteroatoms. The van der Waals surface area contributed by atoms with E-state index >= 15 is 0 Å². The number of hydrogen-bond donors (Lipinski definition) is 1. The van der Waals surface area contributed by atoms with E-state index < -0.39 is 46.9 Å². The Morgan fingerprint density at radius 1 is 0.850 bits per heavy atom. The first kappa shape index (κ1) is 29.9. The summed E-state index contributed by atoms with van der Waals surface area (Å²) in [5, 5.41) is 8.75. The van der Waals surface area contributed by atoms with Gasteiger partial charge in [0.1, 0.15) is 24.2 Å². The lowest BCUT2D eigenvalue weighted by molar-refractivity contribution is -0.222. The lowest BCUT2D eigenvalue weighted by Crippen LogP contribution is -2.37. The molecule has 0 spiro atoms. The monoisotopic (exact) mass is 570 g/mol. The largest absolute Gasteiger partial charge is 0.432 e. The van der Waals surface area contributed by atoms with Crippen molar-refractivity contribution >= 4 is 0 Å². The molecule has 1 aliphatic carbocycles. The SMILES string of the molecule is CC(COCO)Cc1ccc(C2CCC(C(F)(F)Oc3ccc(-c4cc(F)c(F)c(F)c4)c(F)c3)CC2)c(F)c1. The third kappa shape index (κ3) is 6.96. The van der Waals surface area contributed by atoms with E-state index in [1.165, 1.54) is 6.07 Å². The second-order valence-corrected chi connectivity index (χ2v) is 10.3.